The van der Waals surface area contributed by atoms with E-state index in [4.69, 9.17) is 5.11 Å². The van der Waals surface area contributed by atoms with Gasteiger partial charge in [-0.25, -0.2) is 0 Å². The highest BCUT2D eigenvalue weighted by atomic mass is 16.4. The monoisotopic (exact) mass is 345 g/mol. The summed E-state index contributed by atoms with van der Waals surface area (Å²) in [6.45, 7) is 6.18. The van der Waals surface area contributed by atoms with Gasteiger partial charge in [0.2, 0.25) is 0 Å². The first-order valence-corrected chi connectivity index (χ1v) is 9.99. The van der Waals surface area contributed by atoms with Crippen LogP contribution in [0.1, 0.15) is 111 Å². The number of rotatable bonds is 15. The van der Waals surface area contributed by atoms with E-state index in [0.29, 0.717) is 0 Å². The van der Waals surface area contributed by atoms with Gasteiger partial charge in [0.1, 0.15) is 5.54 Å². The number of quaternary nitrogens is 1. The zero-order valence-corrected chi connectivity index (χ0v) is 16.6. The third-order valence-electron chi connectivity index (χ3n) is 3.91. The third-order valence-corrected chi connectivity index (χ3v) is 3.91. The first kappa shape index (κ1) is 25.6. The number of carboxylic acids is 1. The van der Waals surface area contributed by atoms with Crippen molar-refractivity contribution in [1.82, 2.24) is 0 Å². The molecule has 0 atom stereocenters. The molecular formula is C20H43NO3. The maximum absolute atomic E-state index is 10.2. The molecule has 0 aliphatic rings. The minimum atomic E-state index is -0.905. The number of hydrogen-bond acceptors (Lipinski definition) is 3. The molecule has 0 heterocycles. The summed E-state index contributed by atoms with van der Waals surface area (Å²) in [4.78, 5) is 10.2. The number of carbonyl (C=O) groups is 1. The van der Waals surface area contributed by atoms with Gasteiger partial charge >= 0.3 is 0 Å². The zero-order valence-electron chi connectivity index (χ0n) is 16.6. The molecule has 146 valence electrons. The summed E-state index contributed by atoms with van der Waals surface area (Å²) in [6.07, 6.45) is 16.9. The van der Waals surface area contributed by atoms with Crippen molar-refractivity contribution in [1.29, 1.82) is 0 Å². The SMILES string of the molecule is CC(C)([NH3+])CO.CCCCCCCCCCCCCCCC(=O)[O-]. The Morgan fingerprint density at radius 1 is 0.833 bits per heavy atom. The van der Waals surface area contributed by atoms with Crippen LogP contribution in [-0.4, -0.2) is 23.2 Å². The molecule has 0 fully saturated rings. The molecule has 4 heteroatoms. The molecule has 0 aromatic carbocycles. The van der Waals surface area contributed by atoms with Crippen LogP contribution in [-0.2, 0) is 4.79 Å². The Morgan fingerprint density at radius 2 is 1.12 bits per heavy atom. The quantitative estimate of drug-likeness (QED) is 0.447. The maximum atomic E-state index is 10.2. The molecular weight excluding hydrogens is 302 g/mol. The van der Waals surface area contributed by atoms with Crippen LogP contribution in [0, 0.1) is 0 Å². The van der Waals surface area contributed by atoms with E-state index in [1.807, 2.05) is 13.8 Å². The minimum absolute atomic E-state index is 0.153. The van der Waals surface area contributed by atoms with E-state index in [1.165, 1.54) is 70.6 Å². The predicted molar refractivity (Wildman–Crippen MR) is 99.4 cm³/mol. The average Bonchev–Trinajstić information content (AvgIpc) is 2.51. The van der Waals surface area contributed by atoms with Gasteiger partial charge in [-0.2, -0.15) is 0 Å². The second kappa shape index (κ2) is 18.7. The molecule has 0 bridgehead atoms. The van der Waals surface area contributed by atoms with E-state index < -0.39 is 5.97 Å². The smallest absolute Gasteiger partial charge is 0.112 e. The zero-order chi connectivity index (χ0) is 18.7. The van der Waals surface area contributed by atoms with E-state index in [2.05, 4.69) is 12.7 Å². The van der Waals surface area contributed by atoms with Crippen LogP contribution in [0.2, 0.25) is 0 Å². The fourth-order valence-electron chi connectivity index (χ4n) is 2.29. The van der Waals surface area contributed by atoms with Crippen LogP contribution in [0.25, 0.3) is 0 Å². The van der Waals surface area contributed by atoms with Crippen LogP contribution in [0.3, 0.4) is 0 Å². The molecule has 0 unspecified atom stereocenters. The Labute approximate surface area is 150 Å². The highest BCUT2D eigenvalue weighted by molar-refractivity contribution is 5.63. The van der Waals surface area contributed by atoms with Crippen LogP contribution in [0.15, 0.2) is 0 Å². The molecule has 0 aromatic heterocycles. The summed E-state index contributed by atoms with van der Waals surface area (Å²) in [5.41, 5.74) is 3.49. The number of aliphatic hydroxyl groups is 1. The summed E-state index contributed by atoms with van der Waals surface area (Å²) in [6, 6.07) is 0. The van der Waals surface area contributed by atoms with Gasteiger partial charge in [0, 0.05) is 5.97 Å². The molecule has 0 rings (SSSR count). The van der Waals surface area contributed by atoms with E-state index in [-0.39, 0.29) is 18.6 Å². The van der Waals surface area contributed by atoms with Crippen molar-refractivity contribution in [2.75, 3.05) is 6.61 Å². The van der Waals surface area contributed by atoms with E-state index in [1.54, 1.807) is 0 Å². The van der Waals surface area contributed by atoms with Gasteiger partial charge < -0.3 is 20.7 Å². The molecule has 0 saturated heterocycles. The first-order chi connectivity index (χ1) is 11.3. The minimum Gasteiger partial charge on any atom is -0.550 e. The first-order valence-electron chi connectivity index (χ1n) is 9.99. The number of carboxylic acid groups (broad SMARTS) is 1. The predicted octanol–water partition coefficient (Wildman–Crippen LogP) is 3.22. The number of unbranched alkanes of at least 4 members (excludes halogenated alkanes) is 12. The molecule has 0 saturated carbocycles. The fraction of sp³-hybridized carbons (Fsp3) is 0.950. The van der Waals surface area contributed by atoms with E-state index in [0.717, 1.165) is 12.8 Å². The molecule has 0 amide bonds. The van der Waals surface area contributed by atoms with Crippen molar-refractivity contribution in [2.24, 2.45) is 0 Å². The summed E-state index contributed by atoms with van der Waals surface area (Å²) >= 11 is 0. The van der Waals surface area contributed by atoms with Crippen molar-refractivity contribution < 1.29 is 20.7 Å². The lowest BCUT2D eigenvalue weighted by Gasteiger charge is -2.07. The van der Waals surface area contributed by atoms with Crippen molar-refractivity contribution in [2.45, 2.75) is 116 Å². The summed E-state index contributed by atoms with van der Waals surface area (Å²) in [7, 11) is 0. The second-order valence-electron chi connectivity index (χ2n) is 7.69. The van der Waals surface area contributed by atoms with Crippen molar-refractivity contribution >= 4 is 5.97 Å². The van der Waals surface area contributed by atoms with Crippen LogP contribution in [0.5, 0.6) is 0 Å². The standard InChI is InChI=1S/C16H32O2.C4H11NO/c1-2-3-4-5-6-7-8-9-10-11-12-13-14-15-16(17)18;1-4(2,5)3-6/h2-15H2,1H3,(H,17,18);6H,3,5H2,1-2H3. The Bertz CT molecular complexity index is 262. The Balaban J connectivity index is 0. The summed E-state index contributed by atoms with van der Waals surface area (Å²) < 4.78 is 0. The lowest BCUT2D eigenvalue weighted by Crippen LogP contribution is -2.71. The number of carbonyl (C=O) groups excluding carboxylic acids is 1. The topological polar surface area (TPSA) is 88.0 Å². The molecule has 0 aromatic rings. The van der Waals surface area contributed by atoms with Crippen LogP contribution >= 0.6 is 0 Å². The molecule has 0 spiro atoms. The van der Waals surface area contributed by atoms with Gasteiger partial charge in [-0.15, -0.1) is 0 Å². The van der Waals surface area contributed by atoms with Crippen molar-refractivity contribution in [3.05, 3.63) is 0 Å². The largest absolute Gasteiger partial charge is 0.550 e. The van der Waals surface area contributed by atoms with Gasteiger partial charge in [0.15, 0.2) is 0 Å². The molecule has 24 heavy (non-hydrogen) atoms. The molecule has 0 aliphatic heterocycles. The lowest BCUT2D eigenvalue weighted by atomic mass is 10.0. The van der Waals surface area contributed by atoms with E-state index in [9.17, 15) is 9.90 Å². The van der Waals surface area contributed by atoms with Crippen LogP contribution in [0.4, 0.5) is 0 Å². The van der Waals surface area contributed by atoms with E-state index >= 15 is 0 Å². The highest BCUT2D eigenvalue weighted by Crippen LogP contribution is 2.12. The average molecular weight is 346 g/mol. The molecule has 4 nitrogen and oxygen atoms in total. The Kier molecular flexibility index (Phi) is 20.0. The van der Waals surface area contributed by atoms with Gasteiger partial charge in [-0.1, -0.05) is 84.0 Å². The van der Waals surface area contributed by atoms with Crippen molar-refractivity contribution in [3.8, 4) is 0 Å². The van der Waals surface area contributed by atoms with Gasteiger partial charge in [-0.3, -0.25) is 0 Å². The van der Waals surface area contributed by atoms with Crippen molar-refractivity contribution in [3.63, 3.8) is 0 Å². The third kappa shape index (κ3) is 29.4. The molecule has 0 radical (unpaired) electrons. The lowest BCUT2D eigenvalue weighted by molar-refractivity contribution is -0.471. The molecule has 0 aliphatic carbocycles. The number of hydrogen-bond donors (Lipinski definition) is 2. The fourth-order valence-corrected chi connectivity index (χ4v) is 2.29. The second-order valence-corrected chi connectivity index (χ2v) is 7.69. The number of aliphatic hydroxyl groups excluding tert-OH is 1. The Hall–Kier alpha value is -0.610. The highest BCUT2D eigenvalue weighted by Gasteiger charge is 2.10. The van der Waals surface area contributed by atoms with Crippen LogP contribution < -0.4 is 10.8 Å². The van der Waals surface area contributed by atoms with Gasteiger partial charge in [-0.05, 0) is 26.7 Å². The van der Waals surface area contributed by atoms with Gasteiger partial charge in [0.05, 0.1) is 6.61 Å². The van der Waals surface area contributed by atoms with Gasteiger partial charge in [0.25, 0.3) is 0 Å². The summed E-state index contributed by atoms with van der Waals surface area (Å²) in [5.74, 6) is -0.905. The maximum Gasteiger partial charge on any atom is 0.112 e. The number of aliphatic carboxylic acids is 1. The Morgan fingerprint density at radius 3 is 1.38 bits per heavy atom. The normalized spacial score (nSPS) is 11.0. The summed E-state index contributed by atoms with van der Waals surface area (Å²) in [5, 5.41) is 18.5. The molecule has 4 N–H and O–H groups in total.